The molecule has 0 saturated heterocycles. The molecule has 1 aromatic carbocycles. The number of carbonyl (C=O) groups excluding carboxylic acids is 1. The summed E-state index contributed by atoms with van der Waals surface area (Å²) in [5.74, 6) is 2.46. The molecule has 20 heavy (non-hydrogen) atoms. The molecule has 2 bridgehead atoms. The van der Waals surface area contributed by atoms with Gasteiger partial charge in [0.25, 0.3) is 5.91 Å². The molecule has 4 atom stereocenters. The van der Waals surface area contributed by atoms with Crippen LogP contribution < -0.4 is 11.1 Å². The molecule has 2 saturated carbocycles. The first kappa shape index (κ1) is 13.5. The third kappa shape index (κ3) is 2.41. The van der Waals surface area contributed by atoms with Gasteiger partial charge in [-0.15, -0.1) is 0 Å². The lowest BCUT2D eigenvalue weighted by molar-refractivity contribution is 0.0915. The molecule has 0 radical (unpaired) electrons. The van der Waals surface area contributed by atoms with Crippen LogP contribution in [0.1, 0.15) is 48.5 Å². The molecule has 0 aromatic heterocycles. The summed E-state index contributed by atoms with van der Waals surface area (Å²) in [5.41, 5.74) is 8.22. The summed E-state index contributed by atoms with van der Waals surface area (Å²) in [5, 5.41) is 3.19. The van der Waals surface area contributed by atoms with Crippen LogP contribution in [0.5, 0.6) is 0 Å². The van der Waals surface area contributed by atoms with Crippen LogP contribution in [0, 0.1) is 24.7 Å². The molecular formula is C17H24N2O. The first-order chi connectivity index (χ1) is 9.54. The van der Waals surface area contributed by atoms with Crippen molar-refractivity contribution >= 4 is 11.6 Å². The minimum Gasteiger partial charge on any atom is -0.399 e. The maximum absolute atomic E-state index is 12.3. The average molecular weight is 272 g/mol. The second-order valence-corrected chi connectivity index (χ2v) is 6.67. The Hall–Kier alpha value is -1.51. The van der Waals surface area contributed by atoms with E-state index < -0.39 is 0 Å². The Morgan fingerprint density at radius 1 is 1.35 bits per heavy atom. The number of nitrogen functional groups attached to an aromatic ring is 1. The Labute approximate surface area is 120 Å². The molecule has 3 rings (SSSR count). The topological polar surface area (TPSA) is 55.1 Å². The molecule has 2 aliphatic rings. The SMILES string of the molecule is Cc1cc(C(=O)NC(C)C2CC3CCC2C3)ccc1N. The van der Waals surface area contributed by atoms with E-state index >= 15 is 0 Å². The largest absolute Gasteiger partial charge is 0.399 e. The van der Waals surface area contributed by atoms with E-state index in [1.165, 1.54) is 25.7 Å². The van der Waals surface area contributed by atoms with Gasteiger partial charge in [-0.25, -0.2) is 0 Å². The maximum atomic E-state index is 12.3. The van der Waals surface area contributed by atoms with Gasteiger partial charge in [0, 0.05) is 17.3 Å². The zero-order valence-electron chi connectivity index (χ0n) is 12.4. The number of rotatable bonds is 3. The van der Waals surface area contributed by atoms with E-state index in [4.69, 9.17) is 5.73 Å². The number of nitrogens with two attached hydrogens (primary N) is 1. The Morgan fingerprint density at radius 2 is 2.15 bits per heavy atom. The van der Waals surface area contributed by atoms with Crippen LogP contribution in [-0.4, -0.2) is 11.9 Å². The Balaban J connectivity index is 1.65. The standard InChI is InChI=1S/C17H24N2O/c1-10-7-14(5-6-16(10)18)17(20)19-11(2)15-9-12-3-4-13(15)8-12/h5-7,11-13,15H,3-4,8-9,18H2,1-2H3,(H,19,20). The van der Waals surface area contributed by atoms with E-state index in [0.29, 0.717) is 11.5 Å². The van der Waals surface area contributed by atoms with E-state index in [1.54, 1.807) is 0 Å². The number of nitrogens with one attached hydrogen (secondary N) is 1. The van der Waals surface area contributed by atoms with Gasteiger partial charge in [0.2, 0.25) is 0 Å². The molecular weight excluding hydrogens is 248 g/mol. The van der Waals surface area contributed by atoms with Gasteiger partial charge in [0.05, 0.1) is 0 Å². The van der Waals surface area contributed by atoms with Crippen molar-refractivity contribution in [2.24, 2.45) is 17.8 Å². The summed E-state index contributed by atoms with van der Waals surface area (Å²) < 4.78 is 0. The van der Waals surface area contributed by atoms with E-state index in [2.05, 4.69) is 12.2 Å². The lowest BCUT2D eigenvalue weighted by atomic mass is 9.84. The molecule has 2 fully saturated rings. The van der Waals surface area contributed by atoms with Crippen LogP contribution in [0.15, 0.2) is 18.2 Å². The first-order valence-electron chi connectivity index (χ1n) is 7.71. The van der Waals surface area contributed by atoms with E-state index in [9.17, 15) is 4.79 Å². The molecule has 1 aromatic rings. The van der Waals surface area contributed by atoms with Crippen molar-refractivity contribution in [3.05, 3.63) is 29.3 Å². The molecule has 4 unspecified atom stereocenters. The number of amides is 1. The number of benzene rings is 1. The van der Waals surface area contributed by atoms with Crippen LogP contribution in [0.4, 0.5) is 5.69 Å². The van der Waals surface area contributed by atoms with Gasteiger partial charge < -0.3 is 11.1 Å². The molecule has 1 amide bonds. The number of hydrogen-bond acceptors (Lipinski definition) is 2. The number of aryl methyl sites for hydroxylation is 1. The quantitative estimate of drug-likeness (QED) is 0.831. The Kier molecular flexibility index (Phi) is 3.45. The van der Waals surface area contributed by atoms with Gasteiger partial charge in [0.15, 0.2) is 0 Å². The summed E-state index contributed by atoms with van der Waals surface area (Å²) in [7, 11) is 0. The summed E-state index contributed by atoms with van der Waals surface area (Å²) in [6.07, 6.45) is 5.44. The summed E-state index contributed by atoms with van der Waals surface area (Å²) in [6.45, 7) is 4.10. The molecule has 3 N–H and O–H groups in total. The first-order valence-corrected chi connectivity index (χ1v) is 7.71. The van der Waals surface area contributed by atoms with Crippen molar-refractivity contribution in [1.82, 2.24) is 5.32 Å². The highest BCUT2D eigenvalue weighted by Crippen LogP contribution is 2.49. The third-order valence-corrected chi connectivity index (χ3v) is 5.33. The highest BCUT2D eigenvalue weighted by atomic mass is 16.1. The van der Waals surface area contributed by atoms with Crippen molar-refractivity contribution in [1.29, 1.82) is 0 Å². The fourth-order valence-corrected chi connectivity index (χ4v) is 4.12. The Bertz CT molecular complexity index is 526. The monoisotopic (exact) mass is 272 g/mol. The lowest BCUT2D eigenvalue weighted by Gasteiger charge is -2.28. The van der Waals surface area contributed by atoms with Crippen molar-refractivity contribution < 1.29 is 4.79 Å². The third-order valence-electron chi connectivity index (χ3n) is 5.33. The number of hydrogen-bond donors (Lipinski definition) is 2. The summed E-state index contributed by atoms with van der Waals surface area (Å²) >= 11 is 0. The van der Waals surface area contributed by atoms with Gasteiger partial charge in [0.1, 0.15) is 0 Å². The van der Waals surface area contributed by atoms with Crippen LogP contribution in [0.2, 0.25) is 0 Å². The van der Waals surface area contributed by atoms with Gasteiger partial charge in [-0.05, 0) is 74.6 Å². The zero-order chi connectivity index (χ0) is 14.3. The fourth-order valence-electron chi connectivity index (χ4n) is 4.12. The van der Waals surface area contributed by atoms with Crippen molar-refractivity contribution in [3.8, 4) is 0 Å². The molecule has 2 aliphatic carbocycles. The van der Waals surface area contributed by atoms with E-state index in [-0.39, 0.29) is 11.9 Å². The van der Waals surface area contributed by atoms with Crippen LogP contribution >= 0.6 is 0 Å². The highest BCUT2D eigenvalue weighted by molar-refractivity contribution is 5.95. The normalized spacial score (nSPS) is 29.4. The van der Waals surface area contributed by atoms with Crippen LogP contribution in [0.25, 0.3) is 0 Å². The van der Waals surface area contributed by atoms with Gasteiger partial charge in [-0.1, -0.05) is 6.42 Å². The lowest BCUT2D eigenvalue weighted by Crippen LogP contribution is -2.40. The molecule has 0 spiro atoms. The summed E-state index contributed by atoms with van der Waals surface area (Å²) in [4.78, 5) is 12.3. The summed E-state index contributed by atoms with van der Waals surface area (Å²) in [6, 6.07) is 5.77. The molecule has 0 heterocycles. The average Bonchev–Trinajstić information content (AvgIpc) is 3.04. The number of fused-ring (bicyclic) bond motifs is 2. The van der Waals surface area contributed by atoms with Crippen molar-refractivity contribution in [2.45, 2.75) is 45.6 Å². The predicted octanol–water partition coefficient (Wildman–Crippen LogP) is 3.13. The maximum Gasteiger partial charge on any atom is 0.251 e. The van der Waals surface area contributed by atoms with E-state index in [0.717, 1.165) is 23.1 Å². The van der Waals surface area contributed by atoms with Crippen molar-refractivity contribution in [2.75, 3.05) is 5.73 Å². The highest BCUT2D eigenvalue weighted by Gasteiger charge is 2.42. The smallest absolute Gasteiger partial charge is 0.251 e. The molecule has 0 aliphatic heterocycles. The van der Waals surface area contributed by atoms with Gasteiger partial charge >= 0.3 is 0 Å². The van der Waals surface area contributed by atoms with Crippen LogP contribution in [-0.2, 0) is 0 Å². The fraction of sp³-hybridized carbons (Fsp3) is 0.588. The minimum atomic E-state index is 0.0309. The second kappa shape index (κ2) is 5.12. The van der Waals surface area contributed by atoms with Crippen molar-refractivity contribution in [3.63, 3.8) is 0 Å². The molecule has 108 valence electrons. The van der Waals surface area contributed by atoms with Crippen LogP contribution in [0.3, 0.4) is 0 Å². The zero-order valence-corrected chi connectivity index (χ0v) is 12.4. The Morgan fingerprint density at radius 3 is 2.75 bits per heavy atom. The minimum absolute atomic E-state index is 0.0309. The van der Waals surface area contributed by atoms with E-state index in [1.807, 2.05) is 25.1 Å². The predicted molar refractivity (Wildman–Crippen MR) is 81.5 cm³/mol. The van der Waals surface area contributed by atoms with Gasteiger partial charge in [-0.2, -0.15) is 0 Å². The van der Waals surface area contributed by atoms with Gasteiger partial charge in [-0.3, -0.25) is 4.79 Å². The number of carbonyl (C=O) groups is 1. The molecule has 3 nitrogen and oxygen atoms in total. The second-order valence-electron chi connectivity index (χ2n) is 6.67. The molecule has 3 heteroatoms. The number of anilines is 1.